The third-order valence-corrected chi connectivity index (χ3v) is 9.75. The van der Waals surface area contributed by atoms with E-state index < -0.39 is 11.9 Å². The standard InChI is InChI=1S/C43H74O5/c1-3-5-7-9-11-13-15-17-19-21-23-25-27-29-31-33-40(44)38-35-36-41(39(37-38)43(46)47)48-42(45)34-32-30-28-26-24-22-20-18-16-14-12-10-8-6-4-2/h35-37H,3-34H2,1-2H3,(H,46,47). The zero-order valence-corrected chi connectivity index (χ0v) is 31.4. The lowest BCUT2D eigenvalue weighted by atomic mass is 10.0. The Labute approximate surface area is 295 Å². The molecule has 0 aliphatic rings. The van der Waals surface area contributed by atoms with Crippen LogP contribution in [0.5, 0.6) is 5.75 Å². The molecule has 5 nitrogen and oxygen atoms in total. The molecule has 1 N–H and O–H groups in total. The number of benzene rings is 1. The number of hydrogen-bond acceptors (Lipinski definition) is 4. The van der Waals surface area contributed by atoms with E-state index in [-0.39, 0.29) is 23.5 Å². The molecule has 0 saturated heterocycles. The fourth-order valence-corrected chi connectivity index (χ4v) is 6.58. The van der Waals surface area contributed by atoms with Crippen LogP contribution < -0.4 is 4.74 Å². The fraction of sp³-hybridized carbons (Fsp3) is 0.791. The first-order chi connectivity index (χ1) is 23.5. The first-order valence-electron chi connectivity index (χ1n) is 20.6. The average molecular weight is 671 g/mol. The van der Waals surface area contributed by atoms with Crippen LogP contribution in [0.3, 0.4) is 0 Å². The van der Waals surface area contributed by atoms with E-state index in [0.717, 1.165) is 38.5 Å². The van der Waals surface area contributed by atoms with Gasteiger partial charge in [0, 0.05) is 18.4 Å². The molecular weight excluding hydrogens is 596 g/mol. The van der Waals surface area contributed by atoms with Gasteiger partial charge in [-0.05, 0) is 31.0 Å². The van der Waals surface area contributed by atoms with Crippen molar-refractivity contribution in [2.75, 3.05) is 0 Å². The molecule has 1 aromatic carbocycles. The molecule has 0 amide bonds. The fourth-order valence-electron chi connectivity index (χ4n) is 6.58. The number of carboxylic acid groups (broad SMARTS) is 1. The number of ketones is 1. The van der Waals surface area contributed by atoms with E-state index in [1.165, 1.54) is 166 Å². The molecule has 0 aliphatic heterocycles. The SMILES string of the molecule is CCCCCCCCCCCCCCCCCC(=O)Oc1ccc(C(=O)CCCCCCCCCCCCCCCCC)cc1C(=O)O. The number of rotatable bonds is 35. The summed E-state index contributed by atoms with van der Waals surface area (Å²) in [6.07, 6.45) is 38.7. The summed E-state index contributed by atoms with van der Waals surface area (Å²) < 4.78 is 5.42. The van der Waals surface area contributed by atoms with Gasteiger partial charge in [0.05, 0.1) is 0 Å². The van der Waals surface area contributed by atoms with Gasteiger partial charge in [0.2, 0.25) is 0 Å². The van der Waals surface area contributed by atoms with Gasteiger partial charge in [-0.25, -0.2) is 4.79 Å². The van der Waals surface area contributed by atoms with E-state index in [2.05, 4.69) is 13.8 Å². The Hall–Kier alpha value is -2.17. The summed E-state index contributed by atoms with van der Waals surface area (Å²) in [6.45, 7) is 4.53. The molecule has 5 heteroatoms. The topological polar surface area (TPSA) is 80.7 Å². The number of Topliss-reactive ketones (excluding diaryl/α,β-unsaturated/α-hetero) is 1. The van der Waals surface area contributed by atoms with Gasteiger partial charge in [0.25, 0.3) is 0 Å². The van der Waals surface area contributed by atoms with Gasteiger partial charge < -0.3 is 9.84 Å². The molecule has 0 fully saturated rings. The van der Waals surface area contributed by atoms with Crippen molar-refractivity contribution >= 4 is 17.7 Å². The zero-order chi connectivity index (χ0) is 34.9. The van der Waals surface area contributed by atoms with E-state index in [0.29, 0.717) is 12.0 Å². The van der Waals surface area contributed by atoms with Crippen LogP contribution in [0.25, 0.3) is 0 Å². The Morgan fingerprint density at radius 3 is 1.17 bits per heavy atom. The Morgan fingerprint density at radius 1 is 0.479 bits per heavy atom. The van der Waals surface area contributed by atoms with Crippen LogP contribution in [0.4, 0.5) is 0 Å². The van der Waals surface area contributed by atoms with Crippen molar-refractivity contribution in [1.29, 1.82) is 0 Å². The molecule has 0 aliphatic carbocycles. The minimum atomic E-state index is -1.19. The maximum Gasteiger partial charge on any atom is 0.339 e. The van der Waals surface area contributed by atoms with Gasteiger partial charge in [-0.2, -0.15) is 0 Å². The first kappa shape index (κ1) is 43.9. The van der Waals surface area contributed by atoms with Gasteiger partial charge in [0.1, 0.15) is 11.3 Å². The highest BCUT2D eigenvalue weighted by Gasteiger charge is 2.18. The summed E-state index contributed by atoms with van der Waals surface area (Å²) in [5, 5.41) is 9.72. The highest BCUT2D eigenvalue weighted by atomic mass is 16.5. The van der Waals surface area contributed by atoms with Gasteiger partial charge in [-0.3, -0.25) is 9.59 Å². The number of carboxylic acids is 1. The number of carbonyl (C=O) groups is 3. The molecule has 48 heavy (non-hydrogen) atoms. The minimum absolute atomic E-state index is 0.0250. The molecule has 1 aromatic rings. The lowest BCUT2D eigenvalue weighted by Gasteiger charge is -2.10. The maximum absolute atomic E-state index is 12.8. The Bertz CT molecular complexity index is 939. The second kappa shape index (κ2) is 32.1. The summed E-state index contributed by atoms with van der Waals surface area (Å²) >= 11 is 0. The predicted octanol–water partition coefficient (Wildman–Crippen LogP) is 14.0. The molecule has 0 unspecified atom stereocenters. The molecule has 0 spiro atoms. The quantitative estimate of drug-likeness (QED) is 0.0336. The van der Waals surface area contributed by atoms with Crippen molar-refractivity contribution in [3.63, 3.8) is 0 Å². The van der Waals surface area contributed by atoms with Crippen molar-refractivity contribution in [1.82, 2.24) is 0 Å². The van der Waals surface area contributed by atoms with Crippen molar-refractivity contribution in [3.05, 3.63) is 29.3 Å². The molecule has 0 atom stereocenters. The van der Waals surface area contributed by atoms with Crippen molar-refractivity contribution < 1.29 is 24.2 Å². The molecule has 0 radical (unpaired) electrons. The number of hydrogen-bond donors (Lipinski definition) is 1. The van der Waals surface area contributed by atoms with Crippen LogP contribution in [0.15, 0.2) is 18.2 Å². The number of aromatic carboxylic acids is 1. The van der Waals surface area contributed by atoms with Gasteiger partial charge in [-0.1, -0.05) is 194 Å². The lowest BCUT2D eigenvalue weighted by Crippen LogP contribution is -2.12. The highest BCUT2D eigenvalue weighted by molar-refractivity contribution is 6.00. The summed E-state index contributed by atoms with van der Waals surface area (Å²) in [7, 11) is 0. The van der Waals surface area contributed by atoms with Crippen molar-refractivity contribution in [2.24, 2.45) is 0 Å². The van der Waals surface area contributed by atoms with Gasteiger partial charge in [0.15, 0.2) is 5.78 Å². The van der Waals surface area contributed by atoms with E-state index in [1.54, 1.807) is 6.07 Å². The Balaban J connectivity index is 2.13. The van der Waals surface area contributed by atoms with E-state index in [9.17, 15) is 19.5 Å². The van der Waals surface area contributed by atoms with Crippen LogP contribution in [-0.4, -0.2) is 22.8 Å². The van der Waals surface area contributed by atoms with Crippen LogP contribution in [0.1, 0.15) is 240 Å². The molecule has 0 saturated carbocycles. The monoisotopic (exact) mass is 671 g/mol. The third kappa shape index (κ3) is 24.9. The smallest absolute Gasteiger partial charge is 0.339 e. The molecule has 0 bridgehead atoms. The van der Waals surface area contributed by atoms with Gasteiger partial charge in [-0.15, -0.1) is 0 Å². The zero-order valence-electron chi connectivity index (χ0n) is 31.4. The van der Waals surface area contributed by atoms with Crippen molar-refractivity contribution in [3.8, 4) is 5.75 Å². The van der Waals surface area contributed by atoms with Gasteiger partial charge >= 0.3 is 11.9 Å². The molecule has 0 aromatic heterocycles. The predicted molar refractivity (Wildman–Crippen MR) is 202 cm³/mol. The van der Waals surface area contributed by atoms with Crippen LogP contribution in [0.2, 0.25) is 0 Å². The molecular formula is C43H74O5. The number of unbranched alkanes of at least 4 members (excludes halogenated alkanes) is 28. The third-order valence-electron chi connectivity index (χ3n) is 9.75. The average Bonchev–Trinajstić information content (AvgIpc) is 3.08. The Kier molecular flexibility index (Phi) is 29.3. The highest BCUT2D eigenvalue weighted by Crippen LogP contribution is 2.23. The molecule has 1 rings (SSSR count). The summed E-state index contributed by atoms with van der Waals surface area (Å²) in [6, 6.07) is 4.43. The summed E-state index contributed by atoms with van der Waals surface area (Å²) in [5.41, 5.74) is 0.252. The Morgan fingerprint density at radius 2 is 0.812 bits per heavy atom. The summed E-state index contributed by atoms with van der Waals surface area (Å²) in [5.74, 6) is -1.63. The van der Waals surface area contributed by atoms with Crippen LogP contribution in [0, 0.1) is 0 Å². The van der Waals surface area contributed by atoms with E-state index in [4.69, 9.17) is 4.74 Å². The lowest BCUT2D eigenvalue weighted by molar-refractivity contribution is -0.134. The largest absolute Gasteiger partial charge is 0.478 e. The minimum Gasteiger partial charge on any atom is -0.478 e. The number of ether oxygens (including phenoxy) is 1. The molecule has 276 valence electrons. The number of carbonyl (C=O) groups excluding carboxylic acids is 2. The first-order valence-corrected chi connectivity index (χ1v) is 20.6. The van der Waals surface area contributed by atoms with E-state index in [1.807, 2.05) is 0 Å². The number of esters is 1. The van der Waals surface area contributed by atoms with Crippen LogP contribution >= 0.6 is 0 Å². The van der Waals surface area contributed by atoms with E-state index >= 15 is 0 Å². The molecule has 0 heterocycles. The van der Waals surface area contributed by atoms with Crippen molar-refractivity contribution in [2.45, 2.75) is 219 Å². The second-order valence-corrected chi connectivity index (χ2v) is 14.3. The summed E-state index contributed by atoms with van der Waals surface area (Å²) in [4.78, 5) is 37.1. The normalized spacial score (nSPS) is 11.2. The van der Waals surface area contributed by atoms with Crippen LogP contribution in [-0.2, 0) is 4.79 Å². The maximum atomic E-state index is 12.8. The second-order valence-electron chi connectivity index (χ2n) is 14.3.